The van der Waals surface area contributed by atoms with E-state index in [1.54, 1.807) is 27.0 Å². The molecule has 2 rings (SSSR count). The van der Waals surface area contributed by atoms with Crippen molar-refractivity contribution in [1.82, 2.24) is 9.88 Å². The molecular weight excluding hydrogens is 320 g/mol. The average Bonchev–Trinajstić information content (AvgIpc) is 2.87. The monoisotopic (exact) mass is 340 g/mol. The number of rotatable bonds is 7. The SMILES string of the molecule is COc1cccc(C(CNS(=O)(=O)c2c(C)noc2C)OC)c1. The topological polar surface area (TPSA) is 90.7 Å². The molecule has 0 spiro atoms. The van der Waals surface area contributed by atoms with E-state index in [0.717, 1.165) is 5.56 Å². The van der Waals surface area contributed by atoms with Crippen LogP contribution in [0.15, 0.2) is 33.7 Å². The van der Waals surface area contributed by atoms with Crippen LogP contribution in [-0.2, 0) is 14.8 Å². The molecule has 0 saturated heterocycles. The van der Waals surface area contributed by atoms with Gasteiger partial charge in [-0.3, -0.25) is 0 Å². The largest absolute Gasteiger partial charge is 0.497 e. The Bertz CT molecular complexity index is 750. The predicted molar refractivity (Wildman–Crippen MR) is 83.9 cm³/mol. The van der Waals surface area contributed by atoms with E-state index in [4.69, 9.17) is 14.0 Å². The molecule has 0 saturated carbocycles. The van der Waals surface area contributed by atoms with Crippen LogP contribution in [0.3, 0.4) is 0 Å². The standard InChI is InChI=1S/C15H20N2O5S/c1-10-15(11(2)22-17-10)23(18,19)16-9-14(21-4)12-6-5-7-13(8-12)20-3/h5-8,14,16H,9H2,1-4H3. The number of nitrogens with one attached hydrogen (secondary N) is 1. The van der Waals surface area contributed by atoms with Gasteiger partial charge in [0.15, 0.2) is 5.76 Å². The van der Waals surface area contributed by atoms with Crippen molar-refractivity contribution in [3.63, 3.8) is 0 Å². The highest BCUT2D eigenvalue weighted by atomic mass is 32.2. The number of aromatic nitrogens is 1. The van der Waals surface area contributed by atoms with Gasteiger partial charge in [-0.05, 0) is 31.5 Å². The summed E-state index contributed by atoms with van der Waals surface area (Å²) in [6.07, 6.45) is -0.444. The predicted octanol–water partition coefficient (Wildman–Crippen LogP) is 1.97. The molecule has 23 heavy (non-hydrogen) atoms. The van der Waals surface area contributed by atoms with Crippen LogP contribution >= 0.6 is 0 Å². The third kappa shape index (κ3) is 3.90. The molecule has 1 aromatic carbocycles. The molecule has 0 radical (unpaired) electrons. The second-order valence-electron chi connectivity index (χ2n) is 5.01. The minimum Gasteiger partial charge on any atom is -0.497 e. The van der Waals surface area contributed by atoms with Crippen LogP contribution in [-0.4, -0.2) is 34.3 Å². The summed E-state index contributed by atoms with van der Waals surface area (Å²) in [5.41, 5.74) is 1.14. The molecule has 0 bridgehead atoms. The first-order valence-corrected chi connectivity index (χ1v) is 8.46. The minimum atomic E-state index is -3.72. The fourth-order valence-corrected chi connectivity index (χ4v) is 3.65. The summed E-state index contributed by atoms with van der Waals surface area (Å²) in [6, 6.07) is 7.28. The zero-order valence-corrected chi connectivity index (χ0v) is 14.3. The smallest absolute Gasteiger partial charge is 0.246 e. The Kier molecular flexibility index (Phi) is 5.40. The van der Waals surface area contributed by atoms with Gasteiger partial charge in [0, 0.05) is 13.7 Å². The van der Waals surface area contributed by atoms with Crippen molar-refractivity contribution >= 4 is 10.0 Å². The molecular formula is C15H20N2O5S. The Labute approximate surface area is 135 Å². The first-order chi connectivity index (χ1) is 10.9. The summed E-state index contributed by atoms with van der Waals surface area (Å²) in [5.74, 6) is 0.934. The van der Waals surface area contributed by atoms with Gasteiger partial charge in [-0.25, -0.2) is 13.1 Å². The molecule has 7 nitrogen and oxygen atoms in total. The van der Waals surface area contributed by atoms with E-state index in [9.17, 15) is 8.42 Å². The summed E-state index contributed by atoms with van der Waals surface area (Å²) < 4.78 is 42.8. The Morgan fingerprint density at radius 2 is 2.04 bits per heavy atom. The van der Waals surface area contributed by atoms with Gasteiger partial charge in [-0.1, -0.05) is 17.3 Å². The van der Waals surface area contributed by atoms with Crippen molar-refractivity contribution in [1.29, 1.82) is 0 Å². The number of sulfonamides is 1. The Balaban J connectivity index is 2.17. The zero-order chi connectivity index (χ0) is 17.0. The van der Waals surface area contributed by atoms with Crippen molar-refractivity contribution < 1.29 is 22.4 Å². The maximum absolute atomic E-state index is 12.4. The Morgan fingerprint density at radius 3 is 2.61 bits per heavy atom. The van der Waals surface area contributed by atoms with Crippen molar-refractivity contribution in [2.45, 2.75) is 24.8 Å². The van der Waals surface area contributed by atoms with E-state index in [-0.39, 0.29) is 17.2 Å². The number of hydrogen-bond acceptors (Lipinski definition) is 6. The molecule has 1 aromatic heterocycles. The van der Waals surface area contributed by atoms with E-state index in [1.165, 1.54) is 7.11 Å². The second-order valence-corrected chi connectivity index (χ2v) is 6.71. The number of aryl methyl sites for hydroxylation is 2. The van der Waals surface area contributed by atoms with Crippen LogP contribution in [0.4, 0.5) is 0 Å². The number of methoxy groups -OCH3 is 2. The summed E-state index contributed by atoms with van der Waals surface area (Å²) in [6.45, 7) is 3.22. The molecule has 0 aliphatic carbocycles. The normalized spacial score (nSPS) is 13.0. The Hall–Kier alpha value is -1.90. The lowest BCUT2D eigenvalue weighted by molar-refractivity contribution is 0.107. The van der Waals surface area contributed by atoms with Crippen LogP contribution in [0.25, 0.3) is 0 Å². The van der Waals surface area contributed by atoms with E-state index < -0.39 is 16.1 Å². The fraction of sp³-hybridized carbons (Fsp3) is 0.400. The first kappa shape index (κ1) is 17.5. The molecule has 2 aromatic rings. The number of benzene rings is 1. The van der Waals surface area contributed by atoms with E-state index in [1.807, 2.05) is 18.2 Å². The second kappa shape index (κ2) is 7.12. The third-order valence-corrected chi connectivity index (χ3v) is 5.11. The molecule has 1 N–H and O–H groups in total. The van der Waals surface area contributed by atoms with Crippen LogP contribution in [0.5, 0.6) is 5.75 Å². The van der Waals surface area contributed by atoms with E-state index in [2.05, 4.69) is 9.88 Å². The number of hydrogen-bond donors (Lipinski definition) is 1. The van der Waals surface area contributed by atoms with Gasteiger partial charge in [0.2, 0.25) is 10.0 Å². The highest BCUT2D eigenvalue weighted by Crippen LogP contribution is 2.23. The van der Waals surface area contributed by atoms with Gasteiger partial charge in [0.05, 0.1) is 13.2 Å². The summed E-state index contributed by atoms with van der Waals surface area (Å²) in [7, 11) is -0.632. The van der Waals surface area contributed by atoms with Crippen molar-refractivity contribution in [3.05, 3.63) is 41.3 Å². The first-order valence-electron chi connectivity index (χ1n) is 6.98. The average molecular weight is 340 g/mol. The van der Waals surface area contributed by atoms with Crippen molar-refractivity contribution in [3.8, 4) is 5.75 Å². The molecule has 0 fully saturated rings. The van der Waals surface area contributed by atoms with E-state index in [0.29, 0.717) is 11.4 Å². The third-order valence-electron chi connectivity index (χ3n) is 3.45. The molecule has 126 valence electrons. The lowest BCUT2D eigenvalue weighted by Gasteiger charge is -2.17. The Morgan fingerprint density at radius 1 is 1.30 bits per heavy atom. The van der Waals surface area contributed by atoms with E-state index >= 15 is 0 Å². The van der Waals surface area contributed by atoms with Crippen LogP contribution < -0.4 is 9.46 Å². The van der Waals surface area contributed by atoms with Gasteiger partial charge >= 0.3 is 0 Å². The van der Waals surface area contributed by atoms with Gasteiger partial charge in [0.1, 0.15) is 16.3 Å². The summed E-state index contributed by atoms with van der Waals surface area (Å²) in [4.78, 5) is 0.0676. The number of ether oxygens (including phenoxy) is 2. The quantitative estimate of drug-likeness (QED) is 0.828. The maximum Gasteiger partial charge on any atom is 0.246 e. The van der Waals surface area contributed by atoms with Crippen LogP contribution in [0, 0.1) is 13.8 Å². The van der Waals surface area contributed by atoms with Gasteiger partial charge in [-0.15, -0.1) is 0 Å². The molecule has 0 aliphatic heterocycles. The molecule has 1 atom stereocenters. The lowest BCUT2D eigenvalue weighted by atomic mass is 10.1. The molecule has 1 heterocycles. The van der Waals surface area contributed by atoms with Gasteiger partial charge in [-0.2, -0.15) is 0 Å². The minimum absolute atomic E-state index is 0.0676. The summed E-state index contributed by atoms with van der Waals surface area (Å²) in [5, 5.41) is 3.67. The van der Waals surface area contributed by atoms with Crippen LogP contribution in [0.1, 0.15) is 23.1 Å². The van der Waals surface area contributed by atoms with Crippen LogP contribution in [0.2, 0.25) is 0 Å². The van der Waals surface area contributed by atoms with Crippen molar-refractivity contribution in [2.75, 3.05) is 20.8 Å². The number of nitrogens with zero attached hydrogens (tertiary/aromatic N) is 1. The molecule has 0 amide bonds. The highest BCUT2D eigenvalue weighted by Gasteiger charge is 2.25. The molecule has 1 unspecified atom stereocenters. The summed E-state index contributed by atoms with van der Waals surface area (Å²) >= 11 is 0. The van der Waals surface area contributed by atoms with Gasteiger partial charge in [0.25, 0.3) is 0 Å². The lowest BCUT2D eigenvalue weighted by Crippen LogP contribution is -2.30. The fourth-order valence-electron chi connectivity index (χ4n) is 2.29. The van der Waals surface area contributed by atoms with Gasteiger partial charge < -0.3 is 14.0 Å². The molecule has 8 heteroatoms. The zero-order valence-electron chi connectivity index (χ0n) is 13.5. The van der Waals surface area contributed by atoms with Crippen molar-refractivity contribution in [2.24, 2.45) is 0 Å². The highest BCUT2D eigenvalue weighted by molar-refractivity contribution is 7.89. The maximum atomic E-state index is 12.4. The molecule has 0 aliphatic rings.